The summed E-state index contributed by atoms with van der Waals surface area (Å²) in [5, 5.41) is 3.69. The Kier molecular flexibility index (Phi) is 6.63. The molecule has 174 valence electrons. The van der Waals surface area contributed by atoms with Crippen molar-refractivity contribution in [1.29, 1.82) is 0 Å². The molecule has 0 fully saturated rings. The number of anilines is 1. The Bertz CT molecular complexity index is 1450. The maximum absolute atomic E-state index is 13.4. The number of aromatic nitrogens is 1. The van der Waals surface area contributed by atoms with Crippen LogP contribution in [-0.2, 0) is 16.6 Å². The van der Waals surface area contributed by atoms with Crippen LogP contribution in [0.2, 0.25) is 0 Å². The molecule has 0 saturated carbocycles. The van der Waals surface area contributed by atoms with Gasteiger partial charge in [-0.25, -0.2) is 8.42 Å². The number of carbonyl (C=O) groups excluding carboxylic acids is 1. The van der Waals surface area contributed by atoms with Crippen LogP contribution in [0.25, 0.3) is 10.9 Å². The van der Waals surface area contributed by atoms with E-state index in [4.69, 9.17) is 4.74 Å². The molecule has 1 aromatic heterocycles. The minimum atomic E-state index is -3.93. The van der Waals surface area contributed by atoms with Crippen LogP contribution in [0.4, 0.5) is 5.69 Å². The fourth-order valence-electron chi connectivity index (χ4n) is 3.73. The van der Waals surface area contributed by atoms with Crippen molar-refractivity contribution in [3.8, 4) is 5.75 Å². The molecule has 3 aromatic carbocycles. The van der Waals surface area contributed by atoms with Gasteiger partial charge in [-0.2, -0.15) is 4.31 Å². The van der Waals surface area contributed by atoms with E-state index in [0.29, 0.717) is 5.69 Å². The number of carbonyl (C=O) groups is 1. The first-order valence-corrected chi connectivity index (χ1v) is 12.1. The molecule has 0 spiro atoms. The number of aryl methyl sites for hydroxylation is 1. The summed E-state index contributed by atoms with van der Waals surface area (Å²) in [6.07, 6.45) is 1.70. The van der Waals surface area contributed by atoms with E-state index in [2.05, 4.69) is 10.3 Å². The second kappa shape index (κ2) is 9.62. The van der Waals surface area contributed by atoms with E-state index in [9.17, 15) is 13.2 Å². The summed E-state index contributed by atoms with van der Waals surface area (Å²) in [6, 6.07) is 21.0. The first kappa shape index (κ1) is 23.4. The monoisotopic (exact) mass is 475 g/mol. The Morgan fingerprint density at radius 3 is 2.53 bits per heavy atom. The van der Waals surface area contributed by atoms with Gasteiger partial charge >= 0.3 is 0 Å². The molecule has 0 aliphatic rings. The predicted octanol–water partition coefficient (Wildman–Crippen LogP) is 4.62. The Hall–Kier alpha value is -3.75. The van der Waals surface area contributed by atoms with E-state index in [0.717, 1.165) is 22.0 Å². The average molecular weight is 476 g/mol. The molecule has 4 aromatic rings. The lowest BCUT2D eigenvalue weighted by Crippen LogP contribution is -2.27. The van der Waals surface area contributed by atoms with Crippen molar-refractivity contribution in [3.05, 3.63) is 95.7 Å². The lowest BCUT2D eigenvalue weighted by atomic mass is 10.1. The molecule has 0 saturated heterocycles. The second-order valence-corrected chi connectivity index (χ2v) is 9.91. The summed E-state index contributed by atoms with van der Waals surface area (Å²) >= 11 is 0. The lowest BCUT2D eigenvalue weighted by molar-refractivity contribution is 0.102. The van der Waals surface area contributed by atoms with Crippen LogP contribution in [0, 0.1) is 6.92 Å². The molecule has 0 radical (unpaired) electrons. The summed E-state index contributed by atoms with van der Waals surface area (Å²) in [7, 11) is -1.03. The molecule has 34 heavy (non-hydrogen) atoms. The van der Waals surface area contributed by atoms with Crippen LogP contribution in [0.3, 0.4) is 0 Å². The van der Waals surface area contributed by atoms with Gasteiger partial charge in [-0.1, -0.05) is 36.4 Å². The zero-order chi connectivity index (χ0) is 24.3. The highest BCUT2D eigenvalue weighted by Gasteiger charge is 2.26. The maximum atomic E-state index is 13.4. The number of rotatable bonds is 7. The second-order valence-electron chi connectivity index (χ2n) is 7.90. The van der Waals surface area contributed by atoms with Crippen LogP contribution in [0.15, 0.2) is 83.9 Å². The summed E-state index contributed by atoms with van der Waals surface area (Å²) in [5.74, 6) is -0.264. The number of nitrogens with zero attached hydrogens (tertiary/aromatic N) is 2. The Labute approximate surface area is 199 Å². The van der Waals surface area contributed by atoms with E-state index < -0.39 is 15.9 Å². The predicted molar refractivity (Wildman–Crippen MR) is 133 cm³/mol. The zero-order valence-corrected chi connectivity index (χ0v) is 20.0. The van der Waals surface area contributed by atoms with Gasteiger partial charge in [-0.3, -0.25) is 9.78 Å². The van der Waals surface area contributed by atoms with E-state index in [-0.39, 0.29) is 22.8 Å². The van der Waals surface area contributed by atoms with Gasteiger partial charge in [0.25, 0.3) is 5.91 Å². The topological polar surface area (TPSA) is 88.6 Å². The number of fused-ring (bicyclic) bond motifs is 1. The first-order chi connectivity index (χ1) is 16.3. The van der Waals surface area contributed by atoms with E-state index >= 15 is 0 Å². The van der Waals surface area contributed by atoms with E-state index in [1.165, 1.54) is 30.6 Å². The number of hydrogen-bond donors (Lipinski definition) is 1. The van der Waals surface area contributed by atoms with Crippen molar-refractivity contribution in [2.75, 3.05) is 19.5 Å². The van der Waals surface area contributed by atoms with Gasteiger partial charge in [0.15, 0.2) is 0 Å². The molecule has 0 unspecified atom stereocenters. The van der Waals surface area contributed by atoms with Gasteiger partial charge in [-0.15, -0.1) is 0 Å². The highest BCUT2D eigenvalue weighted by Crippen LogP contribution is 2.29. The van der Waals surface area contributed by atoms with E-state index in [1.54, 1.807) is 18.3 Å². The normalized spacial score (nSPS) is 11.5. The van der Waals surface area contributed by atoms with Crippen molar-refractivity contribution in [2.24, 2.45) is 0 Å². The molecule has 1 heterocycles. The van der Waals surface area contributed by atoms with Gasteiger partial charge in [0.05, 0.1) is 18.3 Å². The minimum absolute atomic E-state index is 0.0727. The number of amides is 1. The van der Waals surface area contributed by atoms with Gasteiger partial charge in [-0.05, 0) is 54.4 Å². The van der Waals surface area contributed by atoms with Crippen LogP contribution >= 0.6 is 0 Å². The Morgan fingerprint density at radius 1 is 1.03 bits per heavy atom. The molecular weight excluding hydrogens is 450 g/mol. The first-order valence-electron chi connectivity index (χ1n) is 10.7. The number of benzene rings is 3. The largest absolute Gasteiger partial charge is 0.495 e. The van der Waals surface area contributed by atoms with Crippen LogP contribution in [0.5, 0.6) is 5.75 Å². The average Bonchev–Trinajstić information content (AvgIpc) is 2.86. The SMILES string of the molecule is COc1ccc(C(=O)Nc2ccc(C)c3ncccc23)cc1S(=O)(=O)N(C)Cc1ccccc1. The van der Waals surface area contributed by atoms with Gasteiger partial charge in [0.2, 0.25) is 10.0 Å². The maximum Gasteiger partial charge on any atom is 0.255 e. The third-order valence-corrected chi connectivity index (χ3v) is 7.41. The number of hydrogen-bond acceptors (Lipinski definition) is 5. The molecule has 0 bridgehead atoms. The van der Waals surface area contributed by atoms with Crippen molar-refractivity contribution in [3.63, 3.8) is 0 Å². The molecule has 7 nitrogen and oxygen atoms in total. The molecular formula is C26H25N3O4S. The summed E-state index contributed by atoms with van der Waals surface area (Å²) in [6.45, 7) is 2.14. The summed E-state index contributed by atoms with van der Waals surface area (Å²) in [5.41, 5.74) is 3.43. The van der Waals surface area contributed by atoms with Gasteiger partial charge < -0.3 is 10.1 Å². The van der Waals surface area contributed by atoms with Crippen LogP contribution in [0.1, 0.15) is 21.5 Å². The Balaban J connectivity index is 1.66. The summed E-state index contributed by atoms with van der Waals surface area (Å²) < 4.78 is 33.3. The number of methoxy groups -OCH3 is 1. The third kappa shape index (κ3) is 4.64. The quantitative estimate of drug-likeness (QED) is 0.421. The fraction of sp³-hybridized carbons (Fsp3) is 0.154. The van der Waals surface area contributed by atoms with Crippen molar-refractivity contribution in [1.82, 2.24) is 9.29 Å². The highest BCUT2D eigenvalue weighted by atomic mass is 32.2. The van der Waals surface area contributed by atoms with Gasteiger partial charge in [0.1, 0.15) is 10.6 Å². The molecule has 0 atom stereocenters. The highest BCUT2D eigenvalue weighted by molar-refractivity contribution is 7.89. The molecule has 1 amide bonds. The zero-order valence-electron chi connectivity index (χ0n) is 19.1. The number of nitrogens with one attached hydrogen (secondary N) is 1. The molecule has 8 heteroatoms. The molecule has 1 N–H and O–H groups in total. The standard InChI is InChI=1S/C26H25N3O4S/c1-18-11-13-22(21-10-7-15-27-25(18)21)28-26(30)20-12-14-23(33-3)24(16-20)34(31,32)29(2)17-19-8-5-4-6-9-19/h4-16H,17H2,1-3H3,(H,28,30). The Morgan fingerprint density at radius 2 is 1.79 bits per heavy atom. The number of pyridine rings is 1. The minimum Gasteiger partial charge on any atom is -0.495 e. The molecule has 4 rings (SSSR count). The molecule has 0 aliphatic heterocycles. The van der Waals surface area contributed by atoms with Gasteiger partial charge in [0, 0.05) is 30.7 Å². The third-order valence-electron chi connectivity index (χ3n) is 5.58. The lowest BCUT2D eigenvalue weighted by Gasteiger charge is -2.19. The van der Waals surface area contributed by atoms with Crippen molar-refractivity contribution < 1.29 is 17.9 Å². The fourth-order valence-corrected chi connectivity index (χ4v) is 5.07. The van der Waals surface area contributed by atoms with E-state index in [1.807, 2.05) is 55.5 Å². The van der Waals surface area contributed by atoms with Crippen molar-refractivity contribution >= 4 is 32.5 Å². The smallest absolute Gasteiger partial charge is 0.255 e. The van der Waals surface area contributed by atoms with Crippen LogP contribution in [-0.4, -0.2) is 37.8 Å². The number of sulfonamides is 1. The number of ether oxygens (including phenoxy) is 1. The molecule has 0 aliphatic carbocycles. The van der Waals surface area contributed by atoms with Crippen molar-refractivity contribution in [2.45, 2.75) is 18.4 Å². The summed E-state index contributed by atoms with van der Waals surface area (Å²) in [4.78, 5) is 17.4. The van der Waals surface area contributed by atoms with Crippen LogP contribution < -0.4 is 10.1 Å².